The molecule has 0 atom stereocenters. The molecule has 0 saturated carbocycles. The standard InChI is InChI=1S/C23H30N4O3/c1-16(2)15-27-21-9-6-5-8-20(21)26-23(27)25-11-7-10-24-22(28)17-12-18(29-3)14-19(13-17)30-4/h5-6,8-9,12-14,16H,7,10-11,15H2,1-4H3,(H,24,28)(H,25,26). The molecule has 2 N–H and O–H groups in total. The van der Waals surface area contributed by atoms with Gasteiger partial charge in [-0.3, -0.25) is 4.79 Å². The molecule has 3 rings (SSSR count). The number of nitrogens with one attached hydrogen (secondary N) is 2. The van der Waals surface area contributed by atoms with Gasteiger partial charge in [0.15, 0.2) is 0 Å². The highest BCUT2D eigenvalue weighted by Crippen LogP contribution is 2.23. The van der Waals surface area contributed by atoms with Crippen LogP contribution in [0.4, 0.5) is 5.95 Å². The summed E-state index contributed by atoms with van der Waals surface area (Å²) in [4.78, 5) is 17.2. The minimum Gasteiger partial charge on any atom is -0.497 e. The third-order valence-corrected chi connectivity index (χ3v) is 4.74. The van der Waals surface area contributed by atoms with Gasteiger partial charge in [0, 0.05) is 31.3 Å². The first-order valence-electron chi connectivity index (χ1n) is 10.2. The molecular formula is C23H30N4O3. The second-order valence-electron chi connectivity index (χ2n) is 7.57. The van der Waals surface area contributed by atoms with E-state index in [1.165, 1.54) is 0 Å². The molecule has 0 radical (unpaired) electrons. The molecule has 0 saturated heterocycles. The molecule has 0 unspecified atom stereocenters. The molecule has 0 aliphatic heterocycles. The number of benzene rings is 2. The molecule has 1 heterocycles. The number of fused-ring (bicyclic) bond motifs is 1. The van der Waals surface area contributed by atoms with Gasteiger partial charge >= 0.3 is 0 Å². The summed E-state index contributed by atoms with van der Waals surface area (Å²) in [5.74, 6) is 2.41. The maximum atomic E-state index is 12.4. The number of amides is 1. The van der Waals surface area contributed by atoms with E-state index in [1.54, 1.807) is 32.4 Å². The summed E-state index contributed by atoms with van der Waals surface area (Å²) in [6, 6.07) is 13.3. The van der Waals surface area contributed by atoms with Crippen LogP contribution in [-0.2, 0) is 6.54 Å². The number of hydrogen-bond acceptors (Lipinski definition) is 5. The van der Waals surface area contributed by atoms with Gasteiger partial charge in [-0.05, 0) is 36.6 Å². The first-order valence-corrected chi connectivity index (χ1v) is 10.2. The predicted molar refractivity (Wildman–Crippen MR) is 120 cm³/mol. The van der Waals surface area contributed by atoms with Crippen molar-refractivity contribution in [3.63, 3.8) is 0 Å². The summed E-state index contributed by atoms with van der Waals surface area (Å²) in [6.45, 7) is 6.56. The average molecular weight is 411 g/mol. The van der Waals surface area contributed by atoms with Crippen LogP contribution in [0, 0.1) is 5.92 Å². The highest BCUT2D eigenvalue weighted by Gasteiger charge is 2.12. The van der Waals surface area contributed by atoms with Crippen LogP contribution in [0.1, 0.15) is 30.6 Å². The smallest absolute Gasteiger partial charge is 0.251 e. The van der Waals surface area contributed by atoms with Crippen LogP contribution in [0.5, 0.6) is 11.5 Å². The quantitative estimate of drug-likeness (QED) is 0.495. The number of ether oxygens (including phenoxy) is 2. The Morgan fingerprint density at radius 3 is 2.43 bits per heavy atom. The van der Waals surface area contributed by atoms with Crippen LogP contribution >= 0.6 is 0 Å². The van der Waals surface area contributed by atoms with Crippen molar-refractivity contribution in [2.45, 2.75) is 26.8 Å². The van der Waals surface area contributed by atoms with Gasteiger partial charge in [0.25, 0.3) is 5.91 Å². The second-order valence-corrected chi connectivity index (χ2v) is 7.57. The van der Waals surface area contributed by atoms with E-state index < -0.39 is 0 Å². The summed E-state index contributed by atoms with van der Waals surface area (Å²) < 4.78 is 12.7. The summed E-state index contributed by atoms with van der Waals surface area (Å²) in [7, 11) is 3.13. The van der Waals surface area contributed by atoms with Crippen molar-refractivity contribution in [1.82, 2.24) is 14.9 Å². The van der Waals surface area contributed by atoms with E-state index in [0.717, 1.165) is 29.9 Å². The Bertz CT molecular complexity index is 975. The molecule has 0 aliphatic rings. The van der Waals surface area contributed by atoms with Gasteiger partial charge in [-0.15, -0.1) is 0 Å². The van der Waals surface area contributed by atoms with Crippen LogP contribution in [0.3, 0.4) is 0 Å². The van der Waals surface area contributed by atoms with Crippen molar-refractivity contribution < 1.29 is 14.3 Å². The first kappa shape index (κ1) is 21.5. The molecule has 7 heteroatoms. The maximum absolute atomic E-state index is 12.4. The Hall–Kier alpha value is -3.22. The lowest BCUT2D eigenvalue weighted by atomic mass is 10.2. The average Bonchev–Trinajstić information content (AvgIpc) is 3.09. The molecule has 30 heavy (non-hydrogen) atoms. The van der Waals surface area contributed by atoms with Crippen LogP contribution in [-0.4, -0.2) is 42.8 Å². The van der Waals surface area contributed by atoms with Crippen molar-refractivity contribution in [1.29, 1.82) is 0 Å². The van der Waals surface area contributed by atoms with Crippen molar-refractivity contribution in [2.75, 3.05) is 32.6 Å². The van der Waals surface area contributed by atoms with Gasteiger partial charge < -0.3 is 24.7 Å². The van der Waals surface area contributed by atoms with E-state index in [4.69, 9.17) is 14.5 Å². The number of carbonyl (C=O) groups is 1. The minimum atomic E-state index is -0.153. The van der Waals surface area contributed by atoms with Crippen LogP contribution in [0.15, 0.2) is 42.5 Å². The van der Waals surface area contributed by atoms with Crippen LogP contribution < -0.4 is 20.1 Å². The van der Waals surface area contributed by atoms with Crippen molar-refractivity contribution in [3.8, 4) is 11.5 Å². The number of hydrogen-bond donors (Lipinski definition) is 2. The molecule has 0 spiro atoms. The Balaban J connectivity index is 1.55. The zero-order valence-electron chi connectivity index (χ0n) is 18.1. The minimum absolute atomic E-state index is 0.153. The molecular weight excluding hydrogens is 380 g/mol. The van der Waals surface area contributed by atoms with E-state index in [-0.39, 0.29) is 5.91 Å². The second kappa shape index (κ2) is 10.0. The normalized spacial score (nSPS) is 11.0. The Morgan fingerprint density at radius 1 is 1.07 bits per heavy atom. The monoisotopic (exact) mass is 410 g/mol. The number of anilines is 1. The van der Waals surface area contributed by atoms with Gasteiger partial charge in [0.05, 0.1) is 25.3 Å². The fourth-order valence-corrected chi connectivity index (χ4v) is 3.29. The molecule has 0 bridgehead atoms. The Kier molecular flexibility index (Phi) is 7.17. The van der Waals surface area contributed by atoms with E-state index in [2.05, 4.69) is 35.1 Å². The fraction of sp³-hybridized carbons (Fsp3) is 0.391. The van der Waals surface area contributed by atoms with E-state index in [0.29, 0.717) is 36.1 Å². The molecule has 160 valence electrons. The Morgan fingerprint density at radius 2 is 1.77 bits per heavy atom. The number of imidazole rings is 1. The molecule has 1 aromatic heterocycles. The lowest BCUT2D eigenvalue weighted by Gasteiger charge is -2.13. The van der Waals surface area contributed by atoms with Gasteiger partial charge in [-0.2, -0.15) is 0 Å². The third kappa shape index (κ3) is 5.23. The Labute approximate surface area is 177 Å². The molecule has 2 aromatic carbocycles. The lowest BCUT2D eigenvalue weighted by Crippen LogP contribution is -2.26. The zero-order valence-corrected chi connectivity index (χ0v) is 18.1. The van der Waals surface area contributed by atoms with Crippen molar-refractivity contribution in [2.24, 2.45) is 5.92 Å². The van der Waals surface area contributed by atoms with Gasteiger partial charge in [0.1, 0.15) is 11.5 Å². The zero-order chi connectivity index (χ0) is 21.5. The van der Waals surface area contributed by atoms with Gasteiger partial charge in [-0.25, -0.2) is 4.98 Å². The van der Waals surface area contributed by atoms with E-state index >= 15 is 0 Å². The number of methoxy groups -OCH3 is 2. The SMILES string of the molecule is COc1cc(OC)cc(C(=O)NCCCNc2nc3ccccc3n2CC(C)C)c1. The highest BCUT2D eigenvalue weighted by atomic mass is 16.5. The van der Waals surface area contributed by atoms with Crippen molar-refractivity contribution >= 4 is 22.9 Å². The number of aromatic nitrogens is 2. The molecule has 1 amide bonds. The fourth-order valence-electron chi connectivity index (χ4n) is 3.29. The number of carbonyl (C=O) groups excluding carboxylic acids is 1. The third-order valence-electron chi connectivity index (χ3n) is 4.74. The summed E-state index contributed by atoms with van der Waals surface area (Å²) in [5.41, 5.74) is 2.63. The predicted octanol–water partition coefficient (Wildman–Crippen LogP) is 3.94. The largest absolute Gasteiger partial charge is 0.497 e. The number of para-hydroxylation sites is 2. The first-order chi connectivity index (χ1) is 14.5. The number of rotatable bonds is 10. The van der Waals surface area contributed by atoms with E-state index in [9.17, 15) is 4.79 Å². The van der Waals surface area contributed by atoms with Crippen LogP contribution in [0.2, 0.25) is 0 Å². The van der Waals surface area contributed by atoms with Crippen molar-refractivity contribution in [3.05, 3.63) is 48.0 Å². The van der Waals surface area contributed by atoms with Crippen LogP contribution in [0.25, 0.3) is 11.0 Å². The highest BCUT2D eigenvalue weighted by molar-refractivity contribution is 5.95. The van der Waals surface area contributed by atoms with E-state index in [1.807, 2.05) is 18.2 Å². The maximum Gasteiger partial charge on any atom is 0.251 e. The summed E-state index contributed by atoms with van der Waals surface area (Å²) >= 11 is 0. The van der Waals surface area contributed by atoms with Gasteiger partial charge in [0.2, 0.25) is 5.95 Å². The molecule has 0 aliphatic carbocycles. The molecule has 3 aromatic rings. The summed E-state index contributed by atoms with van der Waals surface area (Å²) in [5, 5.41) is 6.36. The summed E-state index contributed by atoms with van der Waals surface area (Å²) in [6.07, 6.45) is 0.776. The molecule has 0 fully saturated rings. The van der Waals surface area contributed by atoms with Gasteiger partial charge in [-0.1, -0.05) is 26.0 Å². The number of nitrogens with zero attached hydrogens (tertiary/aromatic N) is 2. The lowest BCUT2D eigenvalue weighted by molar-refractivity contribution is 0.0953. The topological polar surface area (TPSA) is 77.4 Å². The molecule has 7 nitrogen and oxygen atoms in total.